The number of anilines is 1. The number of carbonyl (C=O) groups is 1. The molecule has 3 rings (SSSR count). The molecule has 0 unspecified atom stereocenters. The van der Waals surface area contributed by atoms with Crippen molar-refractivity contribution in [1.29, 1.82) is 0 Å². The van der Waals surface area contributed by atoms with Gasteiger partial charge in [-0.15, -0.1) is 11.8 Å². The maximum absolute atomic E-state index is 12.4. The standard InChI is InChI=1S/C21H21NO2S2/c1-24-18-9-6-16(7-10-18)8-11-21(23)22-19-4-2-3-5-20(19)26-15-17-12-13-25-14-17/h2-7,9-10,12-14H,8,11,15H2,1H3,(H,22,23). The zero-order valence-electron chi connectivity index (χ0n) is 14.6. The minimum Gasteiger partial charge on any atom is -0.497 e. The van der Waals surface area contributed by atoms with Crippen molar-refractivity contribution in [1.82, 2.24) is 0 Å². The van der Waals surface area contributed by atoms with Gasteiger partial charge in [-0.3, -0.25) is 4.79 Å². The summed E-state index contributed by atoms with van der Waals surface area (Å²) in [4.78, 5) is 13.4. The van der Waals surface area contributed by atoms with Crippen LogP contribution in [-0.2, 0) is 17.0 Å². The first-order chi connectivity index (χ1) is 12.7. The van der Waals surface area contributed by atoms with Crippen LogP contribution in [0, 0.1) is 0 Å². The molecule has 1 amide bonds. The quantitative estimate of drug-likeness (QED) is 0.513. The van der Waals surface area contributed by atoms with Crippen molar-refractivity contribution in [2.75, 3.05) is 12.4 Å². The third-order valence-electron chi connectivity index (χ3n) is 3.94. The van der Waals surface area contributed by atoms with Gasteiger partial charge in [-0.2, -0.15) is 11.3 Å². The van der Waals surface area contributed by atoms with Crippen LogP contribution in [0.4, 0.5) is 5.69 Å². The van der Waals surface area contributed by atoms with Crippen LogP contribution in [0.3, 0.4) is 0 Å². The number of rotatable bonds is 8. The zero-order chi connectivity index (χ0) is 18.2. The summed E-state index contributed by atoms with van der Waals surface area (Å²) in [6.07, 6.45) is 1.16. The van der Waals surface area contributed by atoms with Crippen molar-refractivity contribution in [3.63, 3.8) is 0 Å². The lowest BCUT2D eigenvalue weighted by Crippen LogP contribution is -2.13. The van der Waals surface area contributed by atoms with Crippen molar-refractivity contribution in [2.45, 2.75) is 23.5 Å². The lowest BCUT2D eigenvalue weighted by molar-refractivity contribution is -0.116. The SMILES string of the molecule is COc1ccc(CCC(=O)Nc2ccccc2SCc2ccsc2)cc1. The molecule has 134 valence electrons. The molecule has 1 heterocycles. The van der Waals surface area contributed by atoms with Crippen LogP contribution in [0.25, 0.3) is 0 Å². The highest BCUT2D eigenvalue weighted by Crippen LogP contribution is 2.30. The van der Waals surface area contributed by atoms with Crippen molar-refractivity contribution in [3.8, 4) is 5.75 Å². The Morgan fingerprint density at radius 3 is 2.62 bits per heavy atom. The van der Waals surface area contributed by atoms with Gasteiger partial charge in [-0.25, -0.2) is 0 Å². The number of ether oxygens (including phenoxy) is 1. The second-order valence-electron chi connectivity index (χ2n) is 5.81. The van der Waals surface area contributed by atoms with E-state index in [0.717, 1.165) is 27.6 Å². The molecule has 26 heavy (non-hydrogen) atoms. The molecule has 1 N–H and O–H groups in total. The lowest BCUT2D eigenvalue weighted by Gasteiger charge is -2.10. The Morgan fingerprint density at radius 1 is 1.08 bits per heavy atom. The average Bonchev–Trinajstić information content (AvgIpc) is 3.20. The number of para-hydroxylation sites is 1. The third-order valence-corrected chi connectivity index (χ3v) is 5.81. The molecule has 5 heteroatoms. The van der Waals surface area contributed by atoms with E-state index in [9.17, 15) is 4.79 Å². The highest BCUT2D eigenvalue weighted by molar-refractivity contribution is 7.98. The molecule has 3 nitrogen and oxygen atoms in total. The van der Waals surface area contributed by atoms with Gasteiger partial charge in [0, 0.05) is 17.1 Å². The number of amides is 1. The van der Waals surface area contributed by atoms with E-state index in [0.29, 0.717) is 12.8 Å². The molecule has 0 spiro atoms. The van der Waals surface area contributed by atoms with E-state index in [1.165, 1.54) is 5.56 Å². The van der Waals surface area contributed by atoms with Crippen LogP contribution in [0.2, 0.25) is 0 Å². The van der Waals surface area contributed by atoms with Crippen LogP contribution in [0.1, 0.15) is 17.5 Å². The number of hydrogen-bond acceptors (Lipinski definition) is 4. The lowest BCUT2D eigenvalue weighted by atomic mass is 10.1. The Bertz CT molecular complexity index is 829. The van der Waals surface area contributed by atoms with Gasteiger partial charge in [0.2, 0.25) is 5.91 Å². The maximum Gasteiger partial charge on any atom is 0.224 e. The second-order valence-corrected chi connectivity index (χ2v) is 7.61. The van der Waals surface area contributed by atoms with Crippen molar-refractivity contribution in [2.24, 2.45) is 0 Å². The summed E-state index contributed by atoms with van der Waals surface area (Å²) < 4.78 is 5.16. The molecular weight excluding hydrogens is 362 g/mol. The van der Waals surface area contributed by atoms with Crippen molar-refractivity contribution >= 4 is 34.7 Å². The van der Waals surface area contributed by atoms with Crippen LogP contribution < -0.4 is 10.1 Å². The fourth-order valence-electron chi connectivity index (χ4n) is 2.49. The number of thiophene rings is 1. The molecule has 0 radical (unpaired) electrons. The predicted octanol–water partition coefficient (Wildman–Crippen LogP) is 5.62. The van der Waals surface area contributed by atoms with Crippen molar-refractivity contribution < 1.29 is 9.53 Å². The van der Waals surface area contributed by atoms with Gasteiger partial charge in [0.15, 0.2) is 0 Å². The number of benzene rings is 2. The van der Waals surface area contributed by atoms with Gasteiger partial charge in [0.05, 0.1) is 12.8 Å². The maximum atomic E-state index is 12.4. The average molecular weight is 384 g/mol. The van der Waals surface area contributed by atoms with E-state index in [1.54, 1.807) is 30.2 Å². The second kappa shape index (κ2) is 9.46. The van der Waals surface area contributed by atoms with Crippen LogP contribution in [0.15, 0.2) is 70.3 Å². The fourth-order valence-corrected chi connectivity index (χ4v) is 4.22. The van der Waals surface area contributed by atoms with E-state index in [4.69, 9.17) is 4.74 Å². The molecule has 0 saturated heterocycles. The molecule has 2 aromatic carbocycles. The number of carbonyl (C=O) groups excluding carboxylic acids is 1. The molecule has 0 fully saturated rings. The summed E-state index contributed by atoms with van der Waals surface area (Å²) in [6, 6.07) is 17.9. The van der Waals surface area contributed by atoms with Gasteiger partial charge in [-0.1, -0.05) is 24.3 Å². The molecule has 0 aliphatic rings. The van der Waals surface area contributed by atoms with Gasteiger partial charge in [0.25, 0.3) is 0 Å². The van der Waals surface area contributed by atoms with Gasteiger partial charge in [-0.05, 0) is 58.6 Å². The summed E-state index contributed by atoms with van der Waals surface area (Å²) in [5, 5.41) is 7.29. The summed E-state index contributed by atoms with van der Waals surface area (Å²) in [7, 11) is 1.65. The molecule has 3 aromatic rings. The normalized spacial score (nSPS) is 10.5. The highest BCUT2D eigenvalue weighted by Gasteiger charge is 2.08. The van der Waals surface area contributed by atoms with E-state index < -0.39 is 0 Å². The van der Waals surface area contributed by atoms with E-state index in [1.807, 2.05) is 42.5 Å². The first kappa shape index (κ1) is 18.5. The van der Waals surface area contributed by atoms with E-state index >= 15 is 0 Å². The largest absolute Gasteiger partial charge is 0.497 e. The topological polar surface area (TPSA) is 38.3 Å². The zero-order valence-corrected chi connectivity index (χ0v) is 16.2. The van der Waals surface area contributed by atoms with Gasteiger partial charge in [0.1, 0.15) is 5.75 Å². The molecular formula is C21H21NO2S2. The summed E-state index contributed by atoms with van der Waals surface area (Å²) in [5.41, 5.74) is 3.31. The van der Waals surface area contributed by atoms with Gasteiger partial charge < -0.3 is 10.1 Å². The third kappa shape index (κ3) is 5.38. The summed E-state index contributed by atoms with van der Waals surface area (Å²) in [5.74, 6) is 1.77. The minimum absolute atomic E-state index is 0.0319. The predicted molar refractivity (Wildman–Crippen MR) is 110 cm³/mol. The highest BCUT2D eigenvalue weighted by atomic mass is 32.2. The number of aryl methyl sites for hydroxylation is 1. The van der Waals surface area contributed by atoms with Gasteiger partial charge >= 0.3 is 0 Å². The molecule has 1 aromatic heterocycles. The molecule has 0 saturated carbocycles. The Morgan fingerprint density at radius 2 is 1.88 bits per heavy atom. The number of nitrogens with one attached hydrogen (secondary N) is 1. The smallest absolute Gasteiger partial charge is 0.224 e. The molecule has 0 aliphatic heterocycles. The minimum atomic E-state index is 0.0319. The van der Waals surface area contributed by atoms with Crippen LogP contribution in [0.5, 0.6) is 5.75 Å². The first-order valence-corrected chi connectivity index (χ1v) is 10.3. The molecule has 0 bridgehead atoms. The Labute approximate surface area is 162 Å². The molecule has 0 aliphatic carbocycles. The summed E-state index contributed by atoms with van der Waals surface area (Å²) in [6.45, 7) is 0. The van der Waals surface area contributed by atoms with E-state index in [2.05, 4.69) is 28.2 Å². The Balaban J connectivity index is 1.54. The number of methoxy groups -OCH3 is 1. The van der Waals surface area contributed by atoms with Crippen LogP contribution in [-0.4, -0.2) is 13.0 Å². The first-order valence-electron chi connectivity index (χ1n) is 8.40. The monoisotopic (exact) mass is 383 g/mol. The van der Waals surface area contributed by atoms with Crippen LogP contribution >= 0.6 is 23.1 Å². The molecule has 0 atom stereocenters. The summed E-state index contributed by atoms with van der Waals surface area (Å²) >= 11 is 3.45. The van der Waals surface area contributed by atoms with E-state index in [-0.39, 0.29) is 5.91 Å². The Kier molecular flexibility index (Phi) is 6.75. The Hall–Kier alpha value is -2.24. The van der Waals surface area contributed by atoms with Crippen molar-refractivity contribution in [3.05, 3.63) is 76.5 Å². The number of hydrogen-bond donors (Lipinski definition) is 1. The number of thioether (sulfide) groups is 1. The fraction of sp³-hybridized carbons (Fsp3) is 0.190.